The molecular weight excluding hydrogens is 196 g/mol. The lowest BCUT2D eigenvalue weighted by Gasteiger charge is -2.07. The van der Waals surface area contributed by atoms with Crippen LogP contribution in [0.25, 0.3) is 0 Å². The molecule has 0 fully saturated rings. The van der Waals surface area contributed by atoms with Crippen LogP contribution in [0, 0.1) is 0 Å². The maximum absolute atomic E-state index is 10.5. The molecular formula is C11H12O4. The molecule has 15 heavy (non-hydrogen) atoms. The molecule has 4 heteroatoms. The molecule has 0 aliphatic heterocycles. The van der Waals surface area contributed by atoms with E-state index in [-0.39, 0.29) is 5.56 Å². The van der Waals surface area contributed by atoms with Crippen LogP contribution in [0.5, 0.6) is 17.2 Å². The first-order chi connectivity index (χ1) is 7.11. The average Bonchev–Trinajstić information content (AvgIpc) is 2.25. The molecule has 0 aromatic heterocycles. The van der Waals surface area contributed by atoms with E-state index in [1.54, 1.807) is 12.2 Å². The molecule has 1 aromatic carbocycles. The first-order valence-corrected chi connectivity index (χ1v) is 4.45. The van der Waals surface area contributed by atoms with Gasteiger partial charge in [0.15, 0.2) is 17.8 Å². The minimum atomic E-state index is -0.654. The predicted molar refractivity (Wildman–Crippen MR) is 55.3 cm³/mol. The minimum Gasteiger partial charge on any atom is -0.504 e. The van der Waals surface area contributed by atoms with Crippen molar-refractivity contribution in [2.24, 2.45) is 0 Å². The molecule has 0 amide bonds. The number of phenols is 3. The van der Waals surface area contributed by atoms with Crippen LogP contribution in [0.2, 0.25) is 0 Å². The smallest absolute Gasteiger partial charge is 0.201 e. The zero-order valence-corrected chi connectivity index (χ0v) is 8.27. The summed E-state index contributed by atoms with van der Waals surface area (Å²) in [5.74, 6) is -1.64. The van der Waals surface area contributed by atoms with E-state index in [9.17, 15) is 20.1 Å². The van der Waals surface area contributed by atoms with Gasteiger partial charge >= 0.3 is 0 Å². The topological polar surface area (TPSA) is 77.8 Å². The lowest BCUT2D eigenvalue weighted by molar-refractivity contribution is 0.112. The fourth-order valence-electron chi connectivity index (χ4n) is 1.22. The summed E-state index contributed by atoms with van der Waals surface area (Å²) in [7, 11) is 0. The summed E-state index contributed by atoms with van der Waals surface area (Å²) in [6.45, 7) is 1.82. The molecule has 4 nitrogen and oxygen atoms in total. The van der Waals surface area contributed by atoms with E-state index in [2.05, 4.69) is 0 Å². The van der Waals surface area contributed by atoms with Crippen molar-refractivity contribution in [3.05, 3.63) is 29.3 Å². The van der Waals surface area contributed by atoms with E-state index >= 15 is 0 Å². The molecule has 0 saturated carbocycles. The highest BCUT2D eigenvalue weighted by atomic mass is 16.3. The molecule has 3 N–H and O–H groups in total. The van der Waals surface area contributed by atoms with Crippen molar-refractivity contribution in [2.45, 2.75) is 13.3 Å². The van der Waals surface area contributed by atoms with Gasteiger partial charge in [-0.3, -0.25) is 4.79 Å². The van der Waals surface area contributed by atoms with Gasteiger partial charge in [0.2, 0.25) is 5.75 Å². The van der Waals surface area contributed by atoms with Crippen LogP contribution in [0.15, 0.2) is 18.2 Å². The maximum Gasteiger partial charge on any atom is 0.201 e. The number of benzene rings is 1. The van der Waals surface area contributed by atoms with Crippen molar-refractivity contribution in [3.63, 3.8) is 0 Å². The minimum absolute atomic E-state index is 0.0372. The second kappa shape index (κ2) is 4.50. The van der Waals surface area contributed by atoms with Gasteiger partial charge in [-0.2, -0.15) is 0 Å². The fourth-order valence-corrected chi connectivity index (χ4v) is 1.22. The fraction of sp³-hybridized carbons (Fsp3) is 0.182. The quantitative estimate of drug-likeness (QED) is 0.401. The summed E-state index contributed by atoms with van der Waals surface area (Å²) in [6.07, 6.45) is 4.36. The van der Waals surface area contributed by atoms with Crippen LogP contribution >= 0.6 is 0 Å². The number of hydrogen-bond acceptors (Lipinski definition) is 4. The zero-order chi connectivity index (χ0) is 11.4. The van der Waals surface area contributed by atoms with E-state index < -0.39 is 17.2 Å². The summed E-state index contributed by atoms with van der Waals surface area (Å²) in [6, 6.07) is 1.34. The Kier molecular flexibility index (Phi) is 3.33. The van der Waals surface area contributed by atoms with Gasteiger partial charge in [-0.25, -0.2) is 0 Å². The molecule has 1 aromatic rings. The maximum atomic E-state index is 10.5. The average molecular weight is 208 g/mol. The van der Waals surface area contributed by atoms with Crippen LogP contribution in [-0.4, -0.2) is 21.6 Å². The number of rotatable bonds is 3. The number of hydrogen-bond donors (Lipinski definition) is 3. The molecule has 1 rings (SSSR count). The van der Waals surface area contributed by atoms with Gasteiger partial charge < -0.3 is 15.3 Å². The Bertz CT molecular complexity index is 408. The standard InChI is InChI=1S/C11H12O4/c1-2-3-4-7-5-8(6-12)10(14)11(15)9(7)13/h2-3,5-6,13-15H,4H2,1H3/b3-2-. The van der Waals surface area contributed by atoms with E-state index in [0.29, 0.717) is 18.3 Å². The van der Waals surface area contributed by atoms with Crippen LogP contribution in [0.4, 0.5) is 0 Å². The number of carbonyl (C=O) groups is 1. The summed E-state index contributed by atoms with van der Waals surface area (Å²) in [5, 5.41) is 28.0. The number of aromatic hydroxyl groups is 3. The molecule has 0 radical (unpaired) electrons. The Morgan fingerprint density at radius 1 is 1.20 bits per heavy atom. The van der Waals surface area contributed by atoms with Gasteiger partial charge in [0.05, 0.1) is 5.56 Å². The predicted octanol–water partition coefficient (Wildman–Crippen LogP) is 1.73. The Morgan fingerprint density at radius 3 is 2.40 bits per heavy atom. The Balaban J connectivity index is 3.28. The summed E-state index contributed by atoms with van der Waals surface area (Å²) in [4.78, 5) is 10.5. The van der Waals surface area contributed by atoms with Gasteiger partial charge in [0.25, 0.3) is 0 Å². The highest BCUT2D eigenvalue weighted by Gasteiger charge is 2.15. The van der Waals surface area contributed by atoms with E-state index in [4.69, 9.17) is 0 Å². The SMILES string of the molecule is C/C=C\Cc1cc(C=O)c(O)c(O)c1O. The summed E-state index contributed by atoms with van der Waals surface area (Å²) >= 11 is 0. The Labute approximate surface area is 87.1 Å². The molecule has 0 atom stereocenters. The van der Waals surface area contributed by atoms with Gasteiger partial charge in [-0.05, 0) is 19.4 Å². The van der Waals surface area contributed by atoms with Crippen LogP contribution < -0.4 is 0 Å². The third-order valence-electron chi connectivity index (χ3n) is 2.06. The van der Waals surface area contributed by atoms with E-state index in [1.807, 2.05) is 6.92 Å². The highest BCUT2D eigenvalue weighted by molar-refractivity contribution is 5.82. The van der Waals surface area contributed by atoms with Gasteiger partial charge in [0.1, 0.15) is 0 Å². The summed E-state index contributed by atoms with van der Waals surface area (Å²) in [5.41, 5.74) is 0.357. The van der Waals surface area contributed by atoms with Crippen LogP contribution in [0.3, 0.4) is 0 Å². The van der Waals surface area contributed by atoms with E-state index in [1.165, 1.54) is 6.07 Å². The third kappa shape index (κ3) is 2.10. The molecule has 0 aliphatic rings. The second-order valence-electron chi connectivity index (χ2n) is 3.06. The lowest BCUT2D eigenvalue weighted by Crippen LogP contribution is -1.89. The third-order valence-corrected chi connectivity index (χ3v) is 2.06. The number of aldehydes is 1. The normalized spacial score (nSPS) is 10.7. The molecule has 0 saturated heterocycles. The number of allylic oxidation sites excluding steroid dienone is 2. The van der Waals surface area contributed by atoms with Crippen molar-refractivity contribution in [1.82, 2.24) is 0 Å². The van der Waals surface area contributed by atoms with Gasteiger partial charge in [-0.15, -0.1) is 0 Å². The highest BCUT2D eigenvalue weighted by Crippen LogP contribution is 2.39. The molecule has 0 aliphatic carbocycles. The van der Waals surface area contributed by atoms with Crippen LogP contribution in [0.1, 0.15) is 22.8 Å². The van der Waals surface area contributed by atoms with Crippen molar-refractivity contribution in [2.75, 3.05) is 0 Å². The number of phenolic OH excluding ortho intramolecular Hbond substituents is 3. The van der Waals surface area contributed by atoms with Crippen molar-refractivity contribution >= 4 is 6.29 Å². The monoisotopic (exact) mass is 208 g/mol. The van der Waals surface area contributed by atoms with Crippen LogP contribution in [-0.2, 0) is 6.42 Å². The molecule has 0 bridgehead atoms. The van der Waals surface area contributed by atoms with Gasteiger partial charge in [0, 0.05) is 5.56 Å². The van der Waals surface area contributed by atoms with E-state index in [0.717, 1.165) is 0 Å². The molecule has 0 spiro atoms. The largest absolute Gasteiger partial charge is 0.504 e. The zero-order valence-electron chi connectivity index (χ0n) is 8.27. The second-order valence-corrected chi connectivity index (χ2v) is 3.06. The van der Waals surface area contributed by atoms with Crippen molar-refractivity contribution in [3.8, 4) is 17.2 Å². The Hall–Kier alpha value is -1.97. The van der Waals surface area contributed by atoms with Crippen molar-refractivity contribution < 1.29 is 20.1 Å². The number of carbonyl (C=O) groups excluding carboxylic acids is 1. The summed E-state index contributed by atoms with van der Waals surface area (Å²) < 4.78 is 0. The van der Waals surface area contributed by atoms with Crippen molar-refractivity contribution in [1.29, 1.82) is 0 Å². The first kappa shape index (κ1) is 11.1. The molecule has 0 heterocycles. The molecule has 0 unspecified atom stereocenters. The lowest BCUT2D eigenvalue weighted by atomic mass is 10.0. The molecule has 80 valence electrons. The first-order valence-electron chi connectivity index (χ1n) is 4.45. The van der Waals surface area contributed by atoms with Gasteiger partial charge in [-0.1, -0.05) is 12.2 Å². The Morgan fingerprint density at radius 2 is 1.87 bits per heavy atom.